The van der Waals surface area contributed by atoms with Crippen LogP contribution in [0, 0.1) is 11.3 Å². The summed E-state index contributed by atoms with van der Waals surface area (Å²) in [7, 11) is 0. The summed E-state index contributed by atoms with van der Waals surface area (Å²) in [6.45, 7) is 0. The molecule has 0 aliphatic rings. The number of carbonyl (C=O) groups is 3. The van der Waals surface area contributed by atoms with Gasteiger partial charge in [0, 0.05) is 10.4 Å². The van der Waals surface area contributed by atoms with Crippen LogP contribution in [0.3, 0.4) is 0 Å². The molecule has 0 atom stereocenters. The topological polar surface area (TPSA) is 135 Å². The van der Waals surface area contributed by atoms with Crippen molar-refractivity contribution in [2.24, 2.45) is 0 Å². The molecular formula is C25H17ClN4O4. The van der Waals surface area contributed by atoms with Crippen molar-refractivity contribution in [3.63, 3.8) is 0 Å². The fourth-order valence-electron chi connectivity index (χ4n) is 3.48. The van der Waals surface area contributed by atoms with E-state index in [1.165, 1.54) is 18.2 Å². The highest BCUT2D eigenvalue weighted by Crippen LogP contribution is 2.26. The lowest BCUT2D eigenvalue weighted by Crippen LogP contribution is -2.16. The fraction of sp³-hybridized carbons (Fsp3) is 0.0400. The zero-order chi connectivity index (χ0) is 24.2. The van der Waals surface area contributed by atoms with E-state index < -0.39 is 11.9 Å². The van der Waals surface area contributed by atoms with Gasteiger partial charge >= 0.3 is 5.97 Å². The number of rotatable bonds is 6. The first-order valence-corrected chi connectivity index (χ1v) is 10.5. The van der Waals surface area contributed by atoms with E-state index >= 15 is 0 Å². The molecule has 4 N–H and O–H groups in total. The Kier molecular flexibility index (Phi) is 6.30. The van der Waals surface area contributed by atoms with Gasteiger partial charge in [0.1, 0.15) is 5.69 Å². The lowest BCUT2D eigenvalue weighted by atomic mass is 10.1. The molecule has 0 aliphatic heterocycles. The SMILES string of the molecule is N#Cc1ccc(NC(=O)c2cc3cccc(NC(=O)Cc4ccccc4Cl)c3[nH]2)c(C(=O)O)c1. The number of carboxylic acid groups (broad SMARTS) is 1. The number of aromatic nitrogens is 1. The van der Waals surface area contributed by atoms with E-state index in [0.717, 1.165) is 0 Å². The van der Waals surface area contributed by atoms with E-state index in [9.17, 15) is 19.5 Å². The number of hydrogen-bond acceptors (Lipinski definition) is 4. The van der Waals surface area contributed by atoms with Gasteiger partial charge in [0.25, 0.3) is 5.91 Å². The van der Waals surface area contributed by atoms with Crippen LogP contribution in [0.4, 0.5) is 11.4 Å². The Hall–Kier alpha value is -4.61. The predicted molar refractivity (Wildman–Crippen MR) is 128 cm³/mol. The van der Waals surface area contributed by atoms with Crippen molar-refractivity contribution in [2.75, 3.05) is 10.6 Å². The van der Waals surface area contributed by atoms with E-state index in [1.807, 2.05) is 6.07 Å². The van der Waals surface area contributed by atoms with E-state index in [1.54, 1.807) is 48.5 Å². The fourth-order valence-corrected chi connectivity index (χ4v) is 3.68. The zero-order valence-electron chi connectivity index (χ0n) is 17.6. The minimum absolute atomic E-state index is 0.0587. The monoisotopic (exact) mass is 472 g/mol. The molecular weight excluding hydrogens is 456 g/mol. The maximum atomic E-state index is 12.8. The number of benzene rings is 3. The van der Waals surface area contributed by atoms with Crippen LogP contribution in [0.15, 0.2) is 66.7 Å². The molecule has 1 heterocycles. The van der Waals surface area contributed by atoms with Gasteiger partial charge in [0.2, 0.25) is 5.91 Å². The largest absolute Gasteiger partial charge is 0.478 e. The van der Waals surface area contributed by atoms with Gasteiger partial charge < -0.3 is 20.7 Å². The van der Waals surface area contributed by atoms with Crippen LogP contribution in [0.2, 0.25) is 5.02 Å². The molecule has 0 fully saturated rings. The summed E-state index contributed by atoms with van der Waals surface area (Å²) in [4.78, 5) is 39.9. The van der Waals surface area contributed by atoms with Crippen LogP contribution >= 0.6 is 11.6 Å². The average Bonchev–Trinajstić information content (AvgIpc) is 3.26. The maximum absolute atomic E-state index is 12.8. The third-order valence-corrected chi connectivity index (χ3v) is 5.48. The number of carbonyl (C=O) groups excluding carboxylic acids is 2. The van der Waals surface area contributed by atoms with Gasteiger partial charge in [-0.25, -0.2) is 4.79 Å². The lowest BCUT2D eigenvalue weighted by molar-refractivity contribution is -0.115. The number of nitrogens with one attached hydrogen (secondary N) is 3. The van der Waals surface area contributed by atoms with E-state index in [2.05, 4.69) is 15.6 Å². The third kappa shape index (κ3) is 4.75. The molecule has 34 heavy (non-hydrogen) atoms. The van der Waals surface area contributed by atoms with Crippen LogP contribution in [-0.2, 0) is 11.2 Å². The Morgan fingerprint density at radius 1 is 0.971 bits per heavy atom. The van der Waals surface area contributed by atoms with Crippen LogP contribution in [0.5, 0.6) is 0 Å². The highest BCUT2D eigenvalue weighted by molar-refractivity contribution is 6.31. The number of para-hydroxylation sites is 1. The average molecular weight is 473 g/mol. The summed E-state index contributed by atoms with van der Waals surface area (Å²) in [5.74, 6) is -2.12. The van der Waals surface area contributed by atoms with Crippen LogP contribution in [-0.4, -0.2) is 27.9 Å². The van der Waals surface area contributed by atoms with E-state index in [-0.39, 0.29) is 34.8 Å². The van der Waals surface area contributed by atoms with Gasteiger partial charge in [-0.15, -0.1) is 0 Å². The minimum Gasteiger partial charge on any atom is -0.478 e. The maximum Gasteiger partial charge on any atom is 0.337 e. The van der Waals surface area contributed by atoms with E-state index in [4.69, 9.17) is 16.9 Å². The van der Waals surface area contributed by atoms with Crippen molar-refractivity contribution < 1.29 is 19.5 Å². The zero-order valence-corrected chi connectivity index (χ0v) is 18.3. The number of hydrogen-bond donors (Lipinski definition) is 4. The summed E-state index contributed by atoms with van der Waals surface area (Å²) in [6, 6.07) is 19.7. The molecule has 1 aromatic heterocycles. The second kappa shape index (κ2) is 9.48. The molecule has 0 aliphatic carbocycles. The number of aromatic carboxylic acids is 1. The second-order valence-corrected chi connectivity index (χ2v) is 7.81. The predicted octanol–water partition coefficient (Wildman–Crippen LogP) is 4.82. The normalized spacial score (nSPS) is 10.5. The molecule has 0 bridgehead atoms. The Bertz CT molecular complexity index is 1490. The number of fused-ring (bicyclic) bond motifs is 1. The van der Waals surface area contributed by atoms with Gasteiger partial charge in [0.15, 0.2) is 0 Å². The number of amides is 2. The number of nitrogens with zero attached hydrogens (tertiary/aromatic N) is 1. The molecule has 2 amide bonds. The number of nitriles is 1. The molecule has 4 aromatic rings. The van der Waals surface area contributed by atoms with Crippen LogP contribution in [0.25, 0.3) is 10.9 Å². The lowest BCUT2D eigenvalue weighted by Gasteiger charge is -2.08. The Labute approximate surface area is 198 Å². The molecule has 8 nitrogen and oxygen atoms in total. The molecule has 0 spiro atoms. The van der Waals surface area contributed by atoms with Gasteiger partial charge in [-0.1, -0.05) is 41.9 Å². The standard InChI is InChI=1S/C25H17ClN4O4/c26-18-6-2-1-4-15(18)12-22(31)28-20-7-3-5-16-11-21(29-23(16)20)24(32)30-19-9-8-14(13-27)10-17(19)25(33)34/h1-11,29H,12H2,(H,28,31)(H,30,32)(H,33,34). The van der Waals surface area contributed by atoms with Gasteiger partial charge in [-0.2, -0.15) is 5.26 Å². The van der Waals surface area contributed by atoms with Crippen molar-refractivity contribution in [1.29, 1.82) is 5.26 Å². The van der Waals surface area contributed by atoms with Gasteiger partial charge in [-0.3, -0.25) is 9.59 Å². The van der Waals surface area contributed by atoms with Crippen molar-refractivity contribution in [2.45, 2.75) is 6.42 Å². The Morgan fingerprint density at radius 2 is 1.76 bits per heavy atom. The number of anilines is 2. The van der Waals surface area contributed by atoms with Crippen molar-refractivity contribution in [3.05, 3.63) is 94.1 Å². The second-order valence-electron chi connectivity index (χ2n) is 7.40. The number of halogens is 1. The molecule has 4 rings (SSSR count). The van der Waals surface area contributed by atoms with Gasteiger partial charge in [-0.05, 0) is 42.0 Å². The summed E-state index contributed by atoms with van der Waals surface area (Å²) in [5, 5.41) is 25.0. The Balaban J connectivity index is 1.57. The summed E-state index contributed by atoms with van der Waals surface area (Å²) in [5.41, 5.74) is 1.91. The highest BCUT2D eigenvalue weighted by Gasteiger charge is 2.17. The number of carboxylic acids is 1. The summed E-state index contributed by atoms with van der Waals surface area (Å²) >= 11 is 6.14. The molecule has 9 heteroatoms. The smallest absolute Gasteiger partial charge is 0.337 e. The first-order valence-electron chi connectivity index (χ1n) is 10.1. The van der Waals surface area contributed by atoms with Gasteiger partial charge in [0.05, 0.1) is 40.5 Å². The summed E-state index contributed by atoms with van der Waals surface area (Å²) in [6.07, 6.45) is 0.0841. The van der Waals surface area contributed by atoms with Crippen molar-refractivity contribution >= 4 is 51.7 Å². The van der Waals surface area contributed by atoms with E-state index in [0.29, 0.717) is 27.2 Å². The van der Waals surface area contributed by atoms with Crippen LogP contribution < -0.4 is 10.6 Å². The van der Waals surface area contributed by atoms with Crippen molar-refractivity contribution in [1.82, 2.24) is 4.98 Å². The molecule has 0 radical (unpaired) electrons. The molecule has 0 saturated carbocycles. The first-order chi connectivity index (χ1) is 16.4. The number of H-pyrrole nitrogens is 1. The number of aromatic amines is 1. The molecule has 3 aromatic carbocycles. The third-order valence-electron chi connectivity index (χ3n) is 5.11. The molecule has 0 saturated heterocycles. The quantitative estimate of drug-likeness (QED) is 0.319. The molecule has 168 valence electrons. The minimum atomic E-state index is -1.27. The Morgan fingerprint density at radius 3 is 2.50 bits per heavy atom. The summed E-state index contributed by atoms with van der Waals surface area (Å²) < 4.78 is 0. The first kappa shape index (κ1) is 22.6. The highest BCUT2D eigenvalue weighted by atomic mass is 35.5. The molecule has 0 unspecified atom stereocenters. The van der Waals surface area contributed by atoms with Crippen molar-refractivity contribution in [3.8, 4) is 6.07 Å². The van der Waals surface area contributed by atoms with Crippen LogP contribution in [0.1, 0.15) is 32.0 Å².